The number of pyridine rings is 1. The minimum atomic E-state index is -0.552. The van der Waals surface area contributed by atoms with Crippen LogP contribution in [0, 0.1) is 0 Å². The van der Waals surface area contributed by atoms with Gasteiger partial charge in [-0.1, -0.05) is 200 Å². The molecule has 0 saturated heterocycles. The van der Waals surface area contributed by atoms with Gasteiger partial charge in [-0.25, -0.2) is 4.98 Å². The Hall–Kier alpha value is -7.09. The first kappa shape index (κ1) is 31.3. The van der Waals surface area contributed by atoms with E-state index in [9.17, 15) is 0 Å². The van der Waals surface area contributed by atoms with Gasteiger partial charge in [-0.05, 0) is 90.0 Å². The number of aromatic nitrogens is 1. The maximum atomic E-state index is 5.49. The van der Waals surface area contributed by atoms with Crippen LogP contribution >= 0.6 is 0 Å². The van der Waals surface area contributed by atoms with Crippen molar-refractivity contribution in [1.82, 2.24) is 4.98 Å². The number of hydrogen-bond donors (Lipinski definition) is 0. The molecule has 1 nitrogen and oxygen atoms in total. The third kappa shape index (κ3) is 3.97. The Morgan fingerprint density at radius 2 is 0.768 bits per heavy atom. The van der Waals surface area contributed by atoms with Gasteiger partial charge in [-0.15, -0.1) is 0 Å². The van der Waals surface area contributed by atoms with E-state index in [0.29, 0.717) is 0 Å². The fourth-order valence-corrected chi connectivity index (χ4v) is 10.7. The van der Waals surface area contributed by atoms with E-state index in [0.717, 1.165) is 28.1 Å². The maximum absolute atomic E-state index is 5.49. The van der Waals surface area contributed by atoms with Crippen LogP contribution in [-0.2, 0) is 10.8 Å². The molecule has 1 aromatic heterocycles. The van der Waals surface area contributed by atoms with Crippen molar-refractivity contribution in [3.63, 3.8) is 0 Å². The quantitative estimate of drug-likeness (QED) is 0.177. The van der Waals surface area contributed by atoms with E-state index in [4.69, 9.17) is 4.98 Å². The van der Waals surface area contributed by atoms with Crippen molar-refractivity contribution < 1.29 is 0 Å². The molecule has 8 aromatic carbocycles. The minimum Gasteiger partial charge on any atom is -0.248 e. The average molecular weight is 710 g/mol. The normalized spacial score (nSPS) is 17.8. The van der Waals surface area contributed by atoms with Crippen LogP contribution in [0.2, 0.25) is 0 Å². The second-order valence-electron chi connectivity index (χ2n) is 15.3. The van der Waals surface area contributed by atoms with E-state index >= 15 is 0 Å². The Bertz CT molecular complexity index is 2960. The first-order valence-corrected chi connectivity index (χ1v) is 19.6. The van der Waals surface area contributed by atoms with Gasteiger partial charge in [0.05, 0.1) is 22.2 Å². The lowest BCUT2D eigenvalue weighted by Gasteiger charge is -2.48. The summed E-state index contributed by atoms with van der Waals surface area (Å²) in [5.41, 5.74) is 21.4. The molecule has 2 atom stereocenters. The van der Waals surface area contributed by atoms with E-state index in [1.54, 1.807) is 0 Å². The predicted octanol–water partition coefficient (Wildman–Crippen LogP) is 13.1. The van der Waals surface area contributed by atoms with Gasteiger partial charge in [0.1, 0.15) is 0 Å². The topological polar surface area (TPSA) is 12.9 Å². The van der Waals surface area contributed by atoms with Crippen LogP contribution in [0.15, 0.2) is 212 Å². The van der Waals surface area contributed by atoms with Crippen LogP contribution < -0.4 is 0 Å². The predicted molar refractivity (Wildman–Crippen MR) is 229 cm³/mol. The fraction of sp³-hybridized carbons (Fsp3) is 0.0364. The highest BCUT2D eigenvalue weighted by Gasteiger charge is 2.59. The molecule has 0 saturated carbocycles. The monoisotopic (exact) mass is 709 g/mol. The second kappa shape index (κ2) is 11.7. The summed E-state index contributed by atoms with van der Waals surface area (Å²) >= 11 is 0. The smallest absolute Gasteiger partial charge is 0.0722 e. The molecule has 1 heterocycles. The lowest BCUT2D eigenvalue weighted by Crippen LogP contribution is -2.43. The number of fused-ring (bicyclic) bond motifs is 12. The van der Waals surface area contributed by atoms with E-state index in [1.165, 1.54) is 72.3 Å². The van der Waals surface area contributed by atoms with Gasteiger partial charge in [0.25, 0.3) is 0 Å². The lowest BCUT2D eigenvalue weighted by atomic mass is 9.52. The Kier molecular flexibility index (Phi) is 6.54. The van der Waals surface area contributed by atoms with Gasteiger partial charge in [0, 0.05) is 11.1 Å². The summed E-state index contributed by atoms with van der Waals surface area (Å²) in [6.07, 6.45) is 0. The zero-order chi connectivity index (χ0) is 36.8. The SMILES string of the molecule is c1ccc(-c2cc(-c3ccccc3)nc(-c3cccc4c3-c3ccccc3C43c4ccccc4C4(c5ccccc5)c5ccccc5-c5cccc3c54)c2)cc1. The summed E-state index contributed by atoms with van der Waals surface area (Å²) < 4.78 is 0. The first-order chi connectivity index (χ1) is 27.8. The van der Waals surface area contributed by atoms with Crippen LogP contribution in [-0.4, -0.2) is 4.98 Å². The molecule has 56 heavy (non-hydrogen) atoms. The van der Waals surface area contributed by atoms with Crippen LogP contribution in [0.1, 0.15) is 44.5 Å². The zero-order valence-corrected chi connectivity index (χ0v) is 30.7. The molecule has 3 aliphatic carbocycles. The Balaban J connectivity index is 1.21. The average Bonchev–Trinajstić information content (AvgIpc) is 3.76. The van der Waals surface area contributed by atoms with Crippen molar-refractivity contribution in [2.24, 2.45) is 0 Å². The number of nitrogens with zero attached hydrogens (tertiary/aromatic N) is 1. The van der Waals surface area contributed by atoms with Crippen molar-refractivity contribution in [1.29, 1.82) is 0 Å². The number of hydrogen-bond acceptors (Lipinski definition) is 1. The molecule has 0 radical (unpaired) electrons. The Morgan fingerprint density at radius 1 is 0.286 bits per heavy atom. The highest BCUT2D eigenvalue weighted by molar-refractivity contribution is 5.99. The van der Waals surface area contributed by atoms with Crippen molar-refractivity contribution in [2.45, 2.75) is 10.8 Å². The number of rotatable bonds is 4. The third-order valence-electron chi connectivity index (χ3n) is 12.8. The highest BCUT2D eigenvalue weighted by atomic mass is 14.7. The molecule has 12 rings (SSSR count). The largest absolute Gasteiger partial charge is 0.248 e. The Morgan fingerprint density at radius 3 is 1.48 bits per heavy atom. The minimum absolute atomic E-state index is 0.461. The van der Waals surface area contributed by atoms with Gasteiger partial charge < -0.3 is 0 Å². The molecule has 1 spiro atoms. The molecule has 9 aromatic rings. The van der Waals surface area contributed by atoms with E-state index < -0.39 is 10.8 Å². The maximum Gasteiger partial charge on any atom is 0.0722 e. The van der Waals surface area contributed by atoms with Crippen LogP contribution in [0.4, 0.5) is 0 Å². The first-order valence-electron chi connectivity index (χ1n) is 19.6. The van der Waals surface area contributed by atoms with E-state index in [1.807, 2.05) is 0 Å². The standard InChI is InChI=1S/C55H35N/c1-4-18-36(19-5-1)38-34-50(37-20-6-2-7-21-37)56-51(35-38)43-27-17-32-48-52(43)42-25-11-13-29-45(42)55(48)47-31-15-14-30-46(47)54(39-22-8-3-9-23-39)44-28-12-10-24-40(44)41-26-16-33-49(55)53(41)54/h1-35H. The molecule has 0 fully saturated rings. The summed E-state index contributed by atoms with van der Waals surface area (Å²) in [4.78, 5) is 5.49. The van der Waals surface area contributed by atoms with E-state index in [2.05, 4.69) is 212 Å². The summed E-state index contributed by atoms with van der Waals surface area (Å²) in [7, 11) is 0. The van der Waals surface area contributed by atoms with Gasteiger partial charge >= 0.3 is 0 Å². The molecule has 0 amide bonds. The third-order valence-corrected chi connectivity index (χ3v) is 12.8. The molecule has 3 aliphatic rings. The molecule has 2 unspecified atom stereocenters. The molecule has 0 aliphatic heterocycles. The molecular formula is C55H35N. The van der Waals surface area contributed by atoms with E-state index in [-0.39, 0.29) is 0 Å². The van der Waals surface area contributed by atoms with Gasteiger partial charge in [-0.2, -0.15) is 0 Å². The van der Waals surface area contributed by atoms with Gasteiger partial charge in [0.15, 0.2) is 0 Å². The molecule has 0 bridgehead atoms. The molecule has 0 N–H and O–H groups in total. The molecular weight excluding hydrogens is 675 g/mol. The van der Waals surface area contributed by atoms with Crippen molar-refractivity contribution in [3.05, 3.63) is 257 Å². The van der Waals surface area contributed by atoms with Crippen LogP contribution in [0.3, 0.4) is 0 Å². The highest BCUT2D eigenvalue weighted by Crippen LogP contribution is 2.69. The lowest BCUT2D eigenvalue weighted by molar-refractivity contribution is 0.636. The zero-order valence-electron chi connectivity index (χ0n) is 30.7. The summed E-state index contributed by atoms with van der Waals surface area (Å²) in [6.45, 7) is 0. The molecule has 1 heteroatoms. The molecule has 260 valence electrons. The summed E-state index contributed by atoms with van der Waals surface area (Å²) in [5.74, 6) is 0. The van der Waals surface area contributed by atoms with Crippen LogP contribution in [0.25, 0.3) is 55.9 Å². The van der Waals surface area contributed by atoms with Gasteiger partial charge in [0.2, 0.25) is 0 Å². The van der Waals surface area contributed by atoms with Crippen molar-refractivity contribution >= 4 is 0 Å². The summed E-state index contributed by atoms with van der Waals surface area (Å²) in [6, 6.07) is 78.6. The van der Waals surface area contributed by atoms with Crippen molar-refractivity contribution in [3.8, 4) is 55.9 Å². The number of benzene rings is 8. The van der Waals surface area contributed by atoms with Gasteiger partial charge in [-0.3, -0.25) is 0 Å². The Labute approximate surface area is 327 Å². The fourth-order valence-electron chi connectivity index (χ4n) is 10.7. The summed E-state index contributed by atoms with van der Waals surface area (Å²) in [5, 5.41) is 0. The van der Waals surface area contributed by atoms with Crippen molar-refractivity contribution in [2.75, 3.05) is 0 Å². The second-order valence-corrected chi connectivity index (χ2v) is 15.3. The van der Waals surface area contributed by atoms with Crippen LogP contribution in [0.5, 0.6) is 0 Å².